The first-order valence-electron chi connectivity index (χ1n) is 14.9. The highest BCUT2D eigenvalue weighted by atomic mass is 35.5. The summed E-state index contributed by atoms with van der Waals surface area (Å²) in [5, 5.41) is 4.63. The van der Waals surface area contributed by atoms with Gasteiger partial charge in [-0.2, -0.15) is 0 Å². The van der Waals surface area contributed by atoms with Gasteiger partial charge in [0.1, 0.15) is 6.54 Å². The van der Waals surface area contributed by atoms with Crippen LogP contribution in [-0.2, 0) is 20.9 Å². The predicted molar refractivity (Wildman–Crippen MR) is 167 cm³/mol. The molecule has 3 amide bonds. The van der Waals surface area contributed by atoms with Crippen LogP contribution in [0.1, 0.15) is 67.7 Å². The molecule has 3 aliphatic heterocycles. The number of amides is 3. The average Bonchev–Trinajstić information content (AvgIpc) is 3.21. The van der Waals surface area contributed by atoms with E-state index in [4.69, 9.17) is 34.8 Å². The Hall–Kier alpha value is -2.32. The van der Waals surface area contributed by atoms with Gasteiger partial charge in [0.15, 0.2) is 0 Å². The van der Waals surface area contributed by atoms with E-state index in [-0.39, 0.29) is 30.7 Å². The van der Waals surface area contributed by atoms with Crippen molar-refractivity contribution in [1.82, 2.24) is 20.0 Å². The summed E-state index contributed by atoms with van der Waals surface area (Å²) in [5.41, 5.74) is 1.82. The van der Waals surface area contributed by atoms with Crippen LogP contribution in [0.3, 0.4) is 0 Å². The van der Waals surface area contributed by atoms with Gasteiger partial charge in [-0.15, -0.1) is 0 Å². The second-order valence-electron chi connectivity index (χ2n) is 12.0. The highest BCUT2D eigenvalue weighted by Gasteiger charge is 2.55. The Morgan fingerprint density at radius 3 is 2.55 bits per heavy atom. The van der Waals surface area contributed by atoms with Crippen molar-refractivity contribution in [3.8, 4) is 0 Å². The van der Waals surface area contributed by atoms with Crippen LogP contribution in [0, 0.1) is 12.3 Å². The van der Waals surface area contributed by atoms with E-state index in [2.05, 4.69) is 10.2 Å². The van der Waals surface area contributed by atoms with Crippen LogP contribution in [0.5, 0.6) is 0 Å². The highest BCUT2D eigenvalue weighted by Crippen LogP contribution is 2.51. The fourth-order valence-corrected chi connectivity index (χ4v) is 7.41. The lowest BCUT2D eigenvalue weighted by molar-refractivity contribution is -0.149. The summed E-state index contributed by atoms with van der Waals surface area (Å²) >= 11 is 19.1. The minimum Gasteiger partial charge on any atom is -0.355 e. The van der Waals surface area contributed by atoms with Crippen LogP contribution in [0.15, 0.2) is 36.4 Å². The van der Waals surface area contributed by atoms with Gasteiger partial charge in [0.2, 0.25) is 17.7 Å². The van der Waals surface area contributed by atoms with Gasteiger partial charge >= 0.3 is 0 Å². The van der Waals surface area contributed by atoms with Crippen molar-refractivity contribution < 1.29 is 14.4 Å². The lowest BCUT2D eigenvalue weighted by atomic mass is 9.75. The standard InChI is InChI=1S/C32H39Cl3N4O3/c1-22-23(7-5-8-26(22)34)20-38-16-11-32(19-30(38)41)18-28(25-10-9-24(33)17-27(25)35)39(31(32)42)21-29(40)36-12-6-15-37-13-3-2-4-14-37/h5,7-10,17,28H,2-4,6,11-16,18-21H2,1H3,(H,36,40)/t28-,32-/m1/s1. The molecule has 5 rings (SSSR count). The van der Waals surface area contributed by atoms with Crippen molar-refractivity contribution >= 4 is 52.5 Å². The molecule has 0 unspecified atom stereocenters. The molecule has 1 N–H and O–H groups in total. The lowest BCUT2D eigenvalue weighted by Gasteiger charge is -2.37. The van der Waals surface area contributed by atoms with Crippen molar-refractivity contribution in [2.75, 3.05) is 39.3 Å². The zero-order valence-corrected chi connectivity index (χ0v) is 26.4. The molecule has 226 valence electrons. The molecule has 0 saturated carbocycles. The third kappa shape index (κ3) is 6.91. The minimum atomic E-state index is -0.876. The molecular weight excluding hydrogens is 595 g/mol. The van der Waals surface area contributed by atoms with E-state index < -0.39 is 11.5 Å². The summed E-state index contributed by atoms with van der Waals surface area (Å²) in [5.74, 6) is -0.429. The van der Waals surface area contributed by atoms with Gasteiger partial charge in [0.05, 0.1) is 11.5 Å². The lowest BCUT2D eigenvalue weighted by Crippen LogP contribution is -2.48. The molecule has 3 heterocycles. The zero-order valence-electron chi connectivity index (χ0n) is 24.1. The van der Waals surface area contributed by atoms with E-state index in [1.165, 1.54) is 19.3 Å². The summed E-state index contributed by atoms with van der Waals surface area (Å²) < 4.78 is 0. The molecule has 3 saturated heterocycles. The molecule has 2 atom stereocenters. The molecule has 42 heavy (non-hydrogen) atoms. The van der Waals surface area contributed by atoms with Crippen molar-refractivity contribution in [2.24, 2.45) is 5.41 Å². The minimum absolute atomic E-state index is 0.0704. The fourth-order valence-electron chi connectivity index (χ4n) is 6.69. The number of piperidine rings is 2. The van der Waals surface area contributed by atoms with E-state index >= 15 is 0 Å². The molecule has 3 aliphatic rings. The summed E-state index contributed by atoms with van der Waals surface area (Å²) in [7, 11) is 0. The number of rotatable bonds is 9. The van der Waals surface area contributed by atoms with Crippen LogP contribution in [0.2, 0.25) is 15.1 Å². The summed E-state index contributed by atoms with van der Waals surface area (Å²) in [6, 6.07) is 10.5. The number of hydrogen-bond acceptors (Lipinski definition) is 4. The van der Waals surface area contributed by atoms with Crippen molar-refractivity contribution in [3.63, 3.8) is 0 Å². The number of likely N-dealkylation sites (tertiary alicyclic amines) is 3. The normalized spacial score (nSPS) is 23.2. The van der Waals surface area contributed by atoms with Crippen LogP contribution in [0.25, 0.3) is 0 Å². The molecule has 0 radical (unpaired) electrons. The topological polar surface area (TPSA) is 73.0 Å². The Morgan fingerprint density at radius 1 is 1.02 bits per heavy atom. The highest BCUT2D eigenvalue weighted by molar-refractivity contribution is 6.35. The largest absolute Gasteiger partial charge is 0.355 e. The molecule has 0 bridgehead atoms. The number of hydrogen-bond donors (Lipinski definition) is 1. The van der Waals surface area contributed by atoms with E-state index in [0.29, 0.717) is 47.5 Å². The number of carbonyl (C=O) groups excluding carboxylic acids is 3. The number of nitrogens with one attached hydrogen (secondary N) is 1. The van der Waals surface area contributed by atoms with E-state index in [1.54, 1.807) is 21.9 Å². The maximum absolute atomic E-state index is 14.1. The molecule has 3 fully saturated rings. The Labute approximate surface area is 263 Å². The first kappa shape index (κ1) is 31.1. The maximum Gasteiger partial charge on any atom is 0.239 e. The zero-order chi connectivity index (χ0) is 29.9. The molecule has 0 aliphatic carbocycles. The second kappa shape index (κ2) is 13.5. The van der Waals surface area contributed by atoms with Crippen molar-refractivity contribution in [1.29, 1.82) is 0 Å². The van der Waals surface area contributed by atoms with Gasteiger partial charge in [-0.1, -0.05) is 59.4 Å². The summed E-state index contributed by atoms with van der Waals surface area (Å²) in [6.45, 7) is 6.54. The SMILES string of the molecule is Cc1c(Cl)cccc1CN1CC[C@]2(CC1=O)C[C@H](c1ccc(Cl)cc1Cl)N(CC(=O)NCCCN1CCCCC1)C2=O. The number of carbonyl (C=O) groups is 3. The summed E-state index contributed by atoms with van der Waals surface area (Å²) in [6.07, 6.45) is 5.68. The van der Waals surface area contributed by atoms with Crippen LogP contribution >= 0.6 is 34.8 Å². The quantitative estimate of drug-likeness (QED) is 0.343. The molecular formula is C32H39Cl3N4O3. The molecule has 2 aromatic rings. The molecule has 2 aromatic carbocycles. The predicted octanol–water partition coefficient (Wildman–Crippen LogP) is 6.03. The third-order valence-corrected chi connectivity index (χ3v) is 10.1. The monoisotopic (exact) mass is 632 g/mol. The smallest absolute Gasteiger partial charge is 0.239 e. The van der Waals surface area contributed by atoms with Gasteiger partial charge in [-0.05, 0) is 93.6 Å². The first-order chi connectivity index (χ1) is 20.2. The van der Waals surface area contributed by atoms with Crippen LogP contribution < -0.4 is 5.32 Å². The Bertz CT molecular complexity index is 1330. The second-order valence-corrected chi connectivity index (χ2v) is 13.2. The van der Waals surface area contributed by atoms with Gasteiger partial charge in [-0.25, -0.2) is 0 Å². The van der Waals surface area contributed by atoms with Crippen molar-refractivity contribution in [3.05, 3.63) is 68.2 Å². The van der Waals surface area contributed by atoms with E-state index in [1.807, 2.05) is 31.2 Å². The van der Waals surface area contributed by atoms with Crippen LogP contribution in [0.4, 0.5) is 0 Å². The van der Waals surface area contributed by atoms with Crippen molar-refractivity contribution in [2.45, 2.75) is 64.5 Å². The fraction of sp³-hybridized carbons (Fsp3) is 0.531. The van der Waals surface area contributed by atoms with E-state index in [9.17, 15) is 14.4 Å². The van der Waals surface area contributed by atoms with Gasteiger partial charge < -0.3 is 20.0 Å². The van der Waals surface area contributed by atoms with E-state index in [0.717, 1.165) is 42.7 Å². The number of benzene rings is 2. The Balaban J connectivity index is 1.28. The third-order valence-electron chi connectivity index (χ3n) is 9.18. The number of halogens is 3. The van der Waals surface area contributed by atoms with Crippen LogP contribution in [-0.4, -0.2) is 71.7 Å². The maximum atomic E-state index is 14.1. The number of nitrogens with zero attached hydrogens (tertiary/aromatic N) is 3. The molecule has 0 aromatic heterocycles. The van der Waals surface area contributed by atoms with Gasteiger partial charge in [-0.3, -0.25) is 14.4 Å². The molecule has 1 spiro atoms. The Morgan fingerprint density at radius 2 is 1.81 bits per heavy atom. The first-order valence-corrected chi connectivity index (χ1v) is 16.1. The van der Waals surface area contributed by atoms with Gasteiger partial charge in [0, 0.05) is 41.1 Å². The molecule has 7 nitrogen and oxygen atoms in total. The van der Waals surface area contributed by atoms with Gasteiger partial charge in [0.25, 0.3) is 0 Å². The Kier molecular flexibility index (Phi) is 10.0. The molecule has 10 heteroatoms. The average molecular weight is 634 g/mol. The summed E-state index contributed by atoms with van der Waals surface area (Å²) in [4.78, 5) is 46.6.